The molecule has 2 aromatic rings. The minimum atomic E-state index is -0.380. The number of hydrogen-bond donors (Lipinski definition) is 1. The summed E-state index contributed by atoms with van der Waals surface area (Å²) in [6.07, 6.45) is 0.600. The Morgan fingerprint density at radius 1 is 1.00 bits per heavy atom. The van der Waals surface area contributed by atoms with E-state index < -0.39 is 0 Å². The van der Waals surface area contributed by atoms with Crippen molar-refractivity contribution < 1.29 is 9.53 Å². The minimum Gasteiger partial charge on any atom is -0.410 e. The average molecular weight is 253 g/mol. The number of carbonyl (C=O) groups is 1. The predicted molar refractivity (Wildman–Crippen MR) is 73.2 cm³/mol. The first-order valence-electron chi connectivity index (χ1n) is 6.41. The van der Waals surface area contributed by atoms with Crippen LogP contribution in [0.5, 0.6) is 5.75 Å². The van der Waals surface area contributed by atoms with Crippen LogP contribution in [0.25, 0.3) is 0 Å². The molecule has 1 saturated carbocycles. The van der Waals surface area contributed by atoms with Gasteiger partial charge >= 0.3 is 6.09 Å². The number of benzene rings is 2. The van der Waals surface area contributed by atoms with Gasteiger partial charge in [0, 0.05) is 12.0 Å². The van der Waals surface area contributed by atoms with Gasteiger partial charge in [-0.25, -0.2) is 4.79 Å². The van der Waals surface area contributed by atoms with E-state index in [9.17, 15) is 4.79 Å². The molecule has 1 fully saturated rings. The second-order valence-corrected chi connectivity index (χ2v) is 4.71. The molecule has 1 amide bonds. The number of carbonyl (C=O) groups excluding carboxylic acids is 1. The van der Waals surface area contributed by atoms with Crippen LogP contribution in [0.4, 0.5) is 4.79 Å². The van der Waals surface area contributed by atoms with E-state index in [0.29, 0.717) is 11.7 Å². The summed E-state index contributed by atoms with van der Waals surface area (Å²) in [6, 6.07) is 19.5. The van der Waals surface area contributed by atoms with E-state index in [4.69, 9.17) is 4.74 Å². The highest BCUT2D eigenvalue weighted by Crippen LogP contribution is 2.40. The van der Waals surface area contributed by atoms with Crippen molar-refractivity contribution in [2.45, 2.75) is 18.4 Å². The van der Waals surface area contributed by atoms with Gasteiger partial charge in [0.15, 0.2) is 0 Å². The maximum absolute atomic E-state index is 11.7. The van der Waals surface area contributed by atoms with Gasteiger partial charge in [-0.15, -0.1) is 0 Å². The van der Waals surface area contributed by atoms with Crippen molar-refractivity contribution in [3.63, 3.8) is 0 Å². The lowest BCUT2D eigenvalue weighted by molar-refractivity contribution is 0.200. The molecule has 1 aliphatic rings. The number of para-hydroxylation sites is 1. The van der Waals surface area contributed by atoms with Gasteiger partial charge in [0.2, 0.25) is 0 Å². The van der Waals surface area contributed by atoms with Gasteiger partial charge < -0.3 is 10.1 Å². The van der Waals surface area contributed by atoms with Gasteiger partial charge in [0.05, 0.1) is 0 Å². The Morgan fingerprint density at radius 2 is 1.63 bits per heavy atom. The van der Waals surface area contributed by atoms with Gasteiger partial charge in [-0.2, -0.15) is 0 Å². The molecule has 96 valence electrons. The molecule has 0 bridgehead atoms. The van der Waals surface area contributed by atoms with Crippen LogP contribution < -0.4 is 10.1 Å². The van der Waals surface area contributed by atoms with E-state index in [1.54, 1.807) is 12.1 Å². The largest absolute Gasteiger partial charge is 0.412 e. The lowest BCUT2D eigenvalue weighted by Crippen LogP contribution is -2.29. The maximum atomic E-state index is 11.7. The number of hydrogen-bond acceptors (Lipinski definition) is 2. The summed E-state index contributed by atoms with van der Waals surface area (Å²) in [5, 5.41) is 2.89. The highest BCUT2D eigenvalue weighted by Gasteiger charge is 2.39. The van der Waals surface area contributed by atoms with Crippen molar-refractivity contribution >= 4 is 6.09 Å². The number of ether oxygens (including phenoxy) is 1. The van der Waals surface area contributed by atoms with Gasteiger partial charge in [-0.1, -0.05) is 48.5 Å². The molecule has 0 saturated heterocycles. The highest BCUT2D eigenvalue weighted by atomic mass is 16.6. The van der Waals surface area contributed by atoms with Gasteiger partial charge in [-0.05, 0) is 24.1 Å². The fourth-order valence-corrected chi connectivity index (χ4v) is 2.20. The van der Waals surface area contributed by atoms with Crippen LogP contribution in [0, 0.1) is 0 Å². The second-order valence-electron chi connectivity index (χ2n) is 4.71. The van der Waals surface area contributed by atoms with Crippen molar-refractivity contribution in [1.82, 2.24) is 5.32 Å². The molecule has 1 aliphatic carbocycles. The fraction of sp³-hybridized carbons (Fsp3) is 0.188. The van der Waals surface area contributed by atoms with Crippen molar-refractivity contribution in [1.29, 1.82) is 0 Å². The highest BCUT2D eigenvalue weighted by molar-refractivity contribution is 5.71. The molecule has 0 radical (unpaired) electrons. The third-order valence-electron chi connectivity index (χ3n) is 3.28. The van der Waals surface area contributed by atoms with E-state index in [0.717, 1.165) is 6.42 Å². The Labute approximate surface area is 112 Å². The Bertz CT molecular complexity index is 553. The molecule has 19 heavy (non-hydrogen) atoms. The fourth-order valence-electron chi connectivity index (χ4n) is 2.20. The predicted octanol–water partition coefficient (Wildman–Crippen LogP) is 3.33. The zero-order valence-electron chi connectivity index (χ0n) is 10.5. The van der Waals surface area contributed by atoms with Crippen LogP contribution in [-0.4, -0.2) is 12.1 Å². The Kier molecular flexibility index (Phi) is 3.19. The molecule has 2 aromatic carbocycles. The SMILES string of the molecule is O=C(N[C@@H]1C[C@H]1c1ccccc1)Oc1ccccc1. The van der Waals surface area contributed by atoms with E-state index in [1.807, 2.05) is 36.4 Å². The average Bonchev–Trinajstić information content (AvgIpc) is 3.20. The third-order valence-corrected chi connectivity index (χ3v) is 3.28. The number of nitrogens with one attached hydrogen (secondary N) is 1. The van der Waals surface area contributed by atoms with Crippen LogP contribution in [0.3, 0.4) is 0 Å². The molecule has 3 nitrogen and oxygen atoms in total. The maximum Gasteiger partial charge on any atom is 0.412 e. The quantitative estimate of drug-likeness (QED) is 0.911. The van der Waals surface area contributed by atoms with Crippen LogP contribution in [0.2, 0.25) is 0 Å². The molecule has 1 N–H and O–H groups in total. The molecule has 0 aliphatic heterocycles. The standard InChI is InChI=1S/C16H15NO2/c18-16(19-13-9-5-2-6-10-13)17-15-11-14(15)12-7-3-1-4-8-12/h1-10,14-15H,11H2,(H,17,18)/t14-,15+/m0/s1. The van der Waals surface area contributed by atoms with Gasteiger partial charge in [-0.3, -0.25) is 0 Å². The van der Waals surface area contributed by atoms with Crippen LogP contribution in [0.15, 0.2) is 60.7 Å². The van der Waals surface area contributed by atoms with E-state index in [-0.39, 0.29) is 12.1 Å². The molecular weight excluding hydrogens is 238 g/mol. The molecular formula is C16H15NO2. The second kappa shape index (κ2) is 5.14. The number of amides is 1. The zero-order chi connectivity index (χ0) is 13.1. The van der Waals surface area contributed by atoms with Crippen LogP contribution in [-0.2, 0) is 0 Å². The van der Waals surface area contributed by atoms with Crippen LogP contribution >= 0.6 is 0 Å². The topological polar surface area (TPSA) is 38.3 Å². The zero-order valence-corrected chi connectivity index (χ0v) is 10.5. The van der Waals surface area contributed by atoms with Crippen molar-refractivity contribution in [3.8, 4) is 5.75 Å². The van der Waals surface area contributed by atoms with E-state index in [1.165, 1.54) is 5.56 Å². The van der Waals surface area contributed by atoms with Crippen molar-refractivity contribution in [2.24, 2.45) is 0 Å². The summed E-state index contributed by atoms with van der Waals surface area (Å²) < 4.78 is 5.20. The summed E-state index contributed by atoms with van der Waals surface area (Å²) >= 11 is 0. The molecule has 3 heteroatoms. The summed E-state index contributed by atoms with van der Waals surface area (Å²) in [5.74, 6) is 0.987. The lowest BCUT2D eigenvalue weighted by atomic mass is 10.1. The monoisotopic (exact) mass is 253 g/mol. The smallest absolute Gasteiger partial charge is 0.410 e. The van der Waals surface area contributed by atoms with E-state index in [2.05, 4.69) is 17.4 Å². The minimum absolute atomic E-state index is 0.193. The first kappa shape index (κ1) is 11.8. The Balaban J connectivity index is 1.52. The third kappa shape index (κ3) is 2.94. The van der Waals surface area contributed by atoms with Gasteiger partial charge in [0.1, 0.15) is 5.75 Å². The number of rotatable bonds is 3. The molecule has 2 atom stereocenters. The molecule has 0 aromatic heterocycles. The van der Waals surface area contributed by atoms with E-state index >= 15 is 0 Å². The summed E-state index contributed by atoms with van der Waals surface area (Å²) in [5.41, 5.74) is 1.27. The summed E-state index contributed by atoms with van der Waals surface area (Å²) in [7, 11) is 0. The Hall–Kier alpha value is -2.29. The normalized spacial score (nSPS) is 20.6. The lowest BCUT2D eigenvalue weighted by Gasteiger charge is -2.06. The first-order valence-corrected chi connectivity index (χ1v) is 6.41. The molecule has 0 heterocycles. The van der Waals surface area contributed by atoms with Crippen LogP contribution in [0.1, 0.15) is 17.9 Å². The first-order chi connectivity index (χ1) is 9.33. The van der Waals surface area contributed by atoms with Gasteiger partial charge in [0.25, 0.3) is 0 Å². The Morgan fingerprint density at radius 3 is 2.32 bits per heavy atom. The van der Waals surface area contributed by atoms with Crippen molar-refractivity contribution in [3.05, 3.63) is 66.2 Å². The summed E-state index contributed by atoms with van der Waals surface area (Å²) in [6.45, 7) is 0. The molecule has 0 spiro atoms. The molecule has 3 rings (SSSR count). The summed E-state index contributed by atoms with van der Waals surface area (Å²) in [4.78, 5) is 11.7. The molecule has 0 unspecified atom stereocenters. The van der Waals surface area contributed by atoms with Crippen molar-refractivity contribution in [2.75, 3.05) is 0 Å².